The van der Waals surface area contributed by atoms with Crippen LogP contribution in [-0.4, -0.2) is 36.0 Å². The van der Waals surface area contributed by atoms with Gasteiger partial charge in [0, 0.05) is 19.2 Å². The smallest absolute Gasteiger partial charge is 0.275 e. The summed E-state index contributed by atoms with van der Waals surface area (Å²) in [5.74, 6) is 0.518. The molecular formula is C15H22ClN3O2. The molecule has 1 fully saturated rings. The van der Waals surface area contributed by atoms with Crippen LogP contribution in [0.2, 0.25) is 5.02 Å². The highest BCUT2D eigenvalue weighted by Crippen LogP contribution is 2.25. The van der Waals surface area contributed by atoms with E-state index in [1.807, 2.05) is 0 Å². The molecule has 1 heterocycles. The van der Waals surface area contributed by atoms with Crippen LogP contribution in [-0.2, 0) is 6.54 Å². The molecule has 21 heavy (non-hydrogen) atoms. The van der Waals surface area contributed by atoms with E-state index in [0.717, 1.165) is 13.1 Å². The van der Waals surface area contributed by atoms with E-state index in [-0.39, 0.29) is 10.6 Å². The van der Waals surface area contributed by atoms with E-state index in [1.54, 1.807) is 12.1 Å². The number of nitrogens with one attached hydrogen (secondary N) is 1. The summed E-state index contributed by atoms with van der Waals surface area (Å²) in [5.41, 5.74) is 0.653. The molecule has 0 saturated carbocycles. The van der Waals surface area contributed by atoms with E-state index in [0.29, 0.717) is 23.0 Å². The number of hydrogen-bond donors (Lipinski definition) is 1. The fourth-order valence-electron chi connectivity index (χ4n) is 2.81. The SMILES string of the molecule is CC(CNCc1c(Cl)cccc1[N+](=O)[O-])CN1CCCC1. The zero-order valence-electron chi connectivity index (χ0n) is 12.3. The van der Waals surface area contributed by atoms with Crippen LogP contribution in [0.4, 0.5) is 5.69 Å². The van der Waals surface area contributed by atoms with Crippen molar-refractivity contribution in [1.82, 2.24) is 10.2 Å². The maximum Gasteiger partial charge on any atom is 0.275 e. The van der Waals surface area contributed by atoms with Crippen LogP contribution >= 0.6 is 11.6 Å². The monoisotopic (exact) mass is 311 g/mol. The van der Waals surface area contributed by atoms with Crippen molar-refractivity contribution in [3.8, 4) is 0 Å². The Morgan fingerprint density at radius 1 is 1.43 bits per heavy atom. The lowest BCUT2D eigenvalue weighted by molar-refractivity contribution is -0.385. The molecule has 1 aromatic carbocycles. The molecule has 1 saturated heterocycles. The third-order valence-corrected chi connectivity index (χ3v) is 4.21. The summed E-state index contributed by atoms with van der Waals surface area (Å²) in [7, 11) is 0. The van der Waals surface area contributed by atoms with E-state index in [9.17, 15) is 10.1 Å². The maximum absolute atomic E-state index is 11.0. The molecule has 0 spiro atoms. The average Bonchev–Trinajstić information content (AvgIpc) is 2.93. The average molecular weight is 312 g/mol. The van der Waals surface area contributed by atoms with Crippen LogP contribution in [0.3, 0.4) is 0 Å². The summed E-state index contributed by atoms with van der Waals surface area (Å²) < 4.78 is 0. The summed E-state index contributed by atoms with van der Waals surface area (Å²) >= 11 is 6.07. The lowest BCUT2D eigenvalue weighted by atomic mass is 10.1. The number of likely N-dealkylation sites (tertiary alicyclic amines) is 1. The highest BCUT2D eigenvalue weighted by atomic mass is 35.5. The quantitative estimate of drug-likeness (QED) is 0.621. The predicted molar refractivity (Wildman–Crippen MR) is 84.7 cm³/mol. The van der Waals surface area contributed by atoms with E-state index in [1.165, 1.54) is 32.0 Å². The normalized spacial score (nSPS) is 17.0. The molecule has 116 valence electrons. The summed E-state index contributed by atoms with van der Waals surface area (Å²) in [6, 6.07) is 4.80. The first kappa shape index (κ1) is 16.2. The highest BCUT2D eigenvalue weighted by molar-refractivity contribution is 6.31. The first-order chi connectivity index (χ1) is 10.1. The number of benzene rings is 1. The van der Waals surface area contributed by atoms with Crippen molar-refractivity contribution in [1.29, 1.82) is 0 Å². The Morgan fingerprint density at radius 2 is 2.14 bits per heavy atom. The molecule has 1 aliphatic heterocycles. The second-order valence-electron chi connectivity index (χ2n) is 5.74. The Labute approximate surface area is 130 Å². The summed E-state index contributed by atoms with van der Waals surface area (Å²) in [6.45, 7) is 6.93. The van der Waals surface area contributed by atoms with Crippen LogP contribution < -0.4 is 5.32 Å². The van der Waals surface area contributed by atoms with Crippen molar-refractivity contribution in [2.75, 3.05) is 26.2 Å². The molecule has 0 amide bonds. The van der Waals surface area contributed by atoms with Crippen LogP contribution in [0.5, 0.6) is 0 Å². The van der Waals surface area contributed by atoms with Crippen molar-refractivity contribution in [2.45, 2.75) is 26.3 Å². The van der Waals surface area contributed by atoms with Gasteiger partial charge in [-0.2, -0.15) is 0 Å². The van der Waals surface area contributed by atoms with Gasteiger partial charge in [-0.15, -0.1) is 0 Å². The zero-order valence-corrected chi connectivity index (χ0v) is 13.1. The van der Waals surface area contributed by atoms with Gasteiger partial charge in [0.25, 0.3) is 5.69 Å². The Balaban J connectivity index is 1.84. The number of hydrogen-bond acceptors (Lipinski definition) is 4. The van der Waals surface area contributed by atoms with Gasteiger partial charge in [0.05, 0.1) is 15.5 Å². The first-order valence-electron chi connectivity index (χ1n) is 7.42. The molecule has 0 radical (unpaired) electrons. The molecule has 1 N–H and O–H groups in total. The van der Waals surface area contributed by atoms with Gasteiger partial charge in [0.2, 0.25) is 0 Å². The standard InChI is InChI=1S/C15H22ClN3O2/c1-12(11-18-7-2-3-8-18)9-17-10-13-14(16)5-4-6-15(13)19(20)21/h4-6,12,17H,2-3,7-11H2,1H3. The second-order valence-corrected chi connectivity index (χ2v) is 6.15. The highest BCUT2D eigenvalue weighted by Gasteiger charge is 2.17. The van der Waals surface area contributed by atoms with Crippen molar-refractivity contribution < 1.29 is 4.92 Å². The van der Waals surface area contributed by atoms with Gasteiger partial charge in [-0.3, -0.25) is 10.1 Å². The van der Waals surface area contributed by atoms with Crippen molar-refractivity contribution in [3.63, 3.8) is 0 Å². The summed E-state index contributed by atoms with van der Waals surface area (Å²) in [4.78, 5) is 13.1. The summed E-state index contributed by atoms with van der Waals surface area (Å²) in [5, 5.41) is 14.8. The van der Waals surface area contributed by atoms with E-state index < -0.39 is 0 Å². The molecule has 5 nitrogen and oxygen atoms in total. The van der Waals surface area contributed by atoms with E-state index in [4.69, 9.17) is 11.6 Å². The molecule has 1 atom stereocenters. The predicted octanol–water partition coefficient (Wildman–Crippen LogP) is 3.07. The Morgan fingerprint density at radius 3 is 2.81 bits per heavy atom. The van der Waals surface area contributed by atoms with Crippen molar-refractivity contribution >= 4 is 17.3 Å². The van der Waals surface area contributed by atoms with Crippen LogP contribution in [0.25, 0.3) is 0 Å². The third kappa shape index (κ3) is 4.66. The van der Waals surface area contributed by atoms with Crippen molar-refractivity contribution in [3.05, 3.63) is 38.9 Å². The molecule has 0 aromatic heterocycles. The molecule has 0 aliphatic carbocycles. The number of nitro benzene ring substituents is 1. The van der Waals surface area contributed by atoms with Gasteiger partial charge in [0.15, 0.2) is 0 Å². The van der Waals surface area contributed by atoms with Gasteiger partial charge in [-0.1, -0.05) is 24.6 Å². The van der Waals surface area contributed by atoms with Gasteiger partial charge in [0.1, 0.15) is 0 Å². The molecule has 1 aromatic rings. The Hall–Kier alpha value is -1.17. The largest absolute Gasteiger partial charge is 0.312 e. The minimum Gasteiger partial charge on any atom is -0.312 e. The van der Waals surface area contributed by atoms with E-state index in [2.05, 4.69) is 17.1 Å². The Bertz CT molecular complexity index is 490. The van der Waals surface area contributed by atoms with Crippen LogP contribution in [0.1, 0.15) is 25.3 Å². The maximum atomic E-state index is 11.0. The molecule has 0 bridgehead atoms. The molecule has 1 unspecified atom stereocenters. The first-order valence-corrected chi connectivity index (χ1v) is 7.80. The van der Waals surface area contributed by atoms with Crippen molar-refractivity contribution in [2.24, 2.45) is 5.92 Å². The summed E-state index contributed by atoms with van der Waals surface area (Å²) in [6.07, 6.45) is 2.60. The van der Waals surface area contributed by atoms with Gasteiger partial charge < -0.3 is 10.2 Å². The zero-order chi connectivity index (χ0) is 15.2. The lowest BCUT2D eigenvalue weighted by Crippen LogP contribution is -2.31. The topological polar surface area (TPSA) is 58.4 Å². The fraction of sp³-hybridized carbons (Fsp3) is 0.600. The van der Waals surface area contributed by atoms with Gasteiger partial charge in [-0.05, 0) is 44.5 Å². The Kier molecular flexibility index (Phi) is 5.96. The number of rotatable bonds is 7. The minimum atomic E-state index is -0.378. The number of halogens is 1. The molecule has 2 rings (SSSR count). The number of nitro groups is 1. The van der Waals surface area contributed by atoms with E-state index >= 15 is 0 Å². The van der Waals surface area contributed by atoms with Gasteiger partial charge in [-0.25, -0.2) is 0 Å². The van der Waals surface area contributed by atoms with Crippen LogP contribution in [0, 0.1) is 16.0 Å². The third-order valence-electron chi connectivity index (χ3n) is 3.85. The van der Waals surface area contributed by atoms with Gasteiger partial charge >= 0.3 is 0 Å². The second kappa shape index (κ2) is 7.73. The lowest BCUT2D eigenvalue weighted by Gasteiger charge is -2.20. The molecule has 1 aliphatic rings. The minimum absolute atomic E-state index is 0.0854. The molecular weight excluding hydrogens is 290 g/mol. The number of nitrogens with zero attached hydrogens (tertiary/aromatic N) is 2. The van der Waals surface area contributed by atoms with Crippen LogP contribution in [0.15, 0.2) is 18.2 Å². The fourth-order valence-corrected chi connectivity index (χ4v) is 3.04. The molecule has 6 heteroatoms.